The first-order valence-electron chi connectivity index (χ1n) is 4.30. The van der Waals surface area contributed by atoms with Crippen molar-refractivity contribution in [2.45, 2.75) is 6.42 Å². The lowest BCUT2D eigenvalue weighted by Gasteiger charge is -2.26. The highest BCUT2D eigenvalue weighted by molar-refractivity contribution is 6.30. The monoisotopic (exact) mass is 217 g/mol. The molecule has 1 aromatic rings. The highest BCUT2D eigenvalue weighted by Crippen LogP contribution is 2.15. The van der Waals surface area contributed by atoms with Gasteiger partial charge in [0.1, 0.15) is 0 Å². The van der Waals surface area contributed by atoms with E-state index in [0.717, 1.165) is 10.9 Å². The van der Waals surface area contributed by atoms with Gasteiger partial charge in [0.05, 0.1) is 0 Å². The van der Waals surface area contributed by atoms with Gasteiger partial charge in [-0.2, -0.15) is 0 Å². The quantitative estimate of drug-likeness (QED) is 0.804. The zero-order chi connectivity index (χ0) is 8.39. The minimum Gasteiger partial charge on any atom is -0.316 e. The van der Waals surface area contributed by atoms with Crippen LogP contribution in [0.1, 0.15) is 5.56 Å². The van der Waals surface area contributed by atoms with Crippen LogP contribution in [0.3, 0.4) is 0 Å². The fourth-order valence-electron chi connectivity index (χ4n) is 1.45. The fourth-order valence-corrected chi connectivity index (χ4v) is 1.57. The Morgan fingerprint density at radius 1 is 1.23 bits per heavy atom. The number of rotatable bonds is 2. The van der Waals surface area contributed by atoms with Crippen molar-refractivity contribution in [2.24, 2.45) is 5.92 Å². The van der Waals surface area contributed by atoms with Gasteiger partial charge in [0.25, 0.3) is 0 Å². The molecule has 0 atom stereocenters. The molecule has 3 heteroatoms. The summed E-state index contributed by atoms with van der Waals surface area (Å²) in [6, 6.07) is 8.15. The van der Waals surface area contributed by atoms with E-state index in [4.69, 9.17) is 11.6 Å². The zero-order valence-electron chi connectivity index (χ0n) is 7.29. The van der Waals surface area contributed by atoms with Gasteiger partial charge >= 0.3 is 0 Å². The molecule has 1 heterocycles. The first kappa shape index (κ1) is 10.8. The number of benzene rings is 1. The third-order valence-electron chi connectivity index (χ3n) is 2.30. The number of halogens is 2. The second kappa shape index (κ2) is 4.85. The minimum absolute atomic E-state index is 0. The third-order valence-corrected chi connectivity index (χ3v) is 2.56. The molecule has 1 N–H and O–H groups in total. The molecule has 1 fully saturated rings. The van der Waals surface area contributed by atoms with Crippen molar-refractivity contribution in [3.8, 4) is 0 Å². The average Bonchev–Trinajstić information content (AvgIpc) is 2.00. The van der Waals surface area contributed by atoms with Crippen LogP contribution in [0, 0.1) is 5.92 Å². The van der Waals surface area contributed by atoms with Crippen LogP contribution >= 0.6 is 24.0 Å². The van der Waals surface area contributed by atoms with Gasteiger partial charge in [-0.15, -0.1) is 12.4 Å². The van der Waals surface area contributed by atoms with Crippen LogP contribution in [0.15, 0.2) is 24.3 Å². The molecule has 0 saturated carbocycles. The summed E-state index contributed by atoms with van der Waals surface area (Å²) in [5, 5.41) is 4.09. The van der Waals surface area contributed by atoms with E-state index in [0.29, 0.717) is 0 Å². The molecule has 72 valence electrons. The van der Waals surface area contributed by atoms with E-state index in [9.17, 15) is 0 Å². The number of nitrogens with one attached hydrogen (secondary N) is 1. The van der Waals surface area contributed by atoms with Crippen molar-refractivity contribution in [2.75, 3.05) is 13.1 Å². The average molecular weight is 218 g/mol. The summed E-state index contributed by atoms with van der Waals surface area (Å²) in [6.45, 7) is 2.34. The van der Waals surface area contributed by atoms with E-state index < -0.39 is 0 Å². The molecular formula is C10H13Cl2N. The van der Waals surface area contributed by atoms with Crippen LogP contribution in [0.25, 0.3) is 0 Å². The topological polar surface area (TPSA) is 12.0 Å². The number of hydrogen-bond acceptors (Lipinski definition) is 1. The summed E-state index contributed by atoms with van der Waals surface area (Å²) in [4.78, 5) is 0. The van der Waals surface area contributed by atoms with Crippen molar-refractivity contribution in [3.63, 3.8) is 0 Å². The summed E-state index contributed by atoms with van der Waals surface area (Å²) in [7, 11) is 0. The maximum atomic E-state index is 5.78. The van der Waals surface area contributed by atoms with Crippen molar-refractivity contribution in [1.29, 1.82) is 0 Å². The maximum absolute atomic E-state index is 5.78. The predicted octanol–water partition coefficient (Wildman–Crippen LogP) is 2.52. The molecule has 2 rings (SSSR count). The Kier molecular flexibility index (Phi) is 4.04. The van der Waals surface area contributed by atoms with Crippen molar-refractivity contribution in [3.05, 3.63) is 34.9 Å². The molecular weight excluding hydrogens is 205 g/mol. The first-order valence-corrected chi connectivity index (χ1v) is 4.67. The van der Waals surface area contributed by atoms with E-state index in [-0.39, 0.29) is 12.4 Å². The van der Waals surface area contributed by atoms with Gasteiger partial charge in [0.2, 0.25) is 0 Å². The molecule has 13 heavy (non-hydrogen) atoms. The standard InChI is InChI=1S/C10H12ClN.ClH/c11-10-3-1-8(2-4-10)5-9-6-12-7-9;/h1-4,9,12H,5-7H2;1H. The Morgan fingerprint density at radius 3 is 2.31 bits per heavy atom. The molecule has 1 aliphatic rings. The maximum Gasteiger partial charge on any atom is 0.0406 e. The Bertz CT molecular complexity index is 254. The first-order chi connectivity index (χ1) is 5.84. The normalized spacial score (nSPS) is 16.1. The lowest BCUT2D eigenvalue weighted by Crippen LogP contribution is -2.43. The van der Waals surface area contributed by atoms with Crippen molar-refractivity contribution >= 4 is 24.0 Å². The fraction of sp³-hybridized carbons (Fsp3) is 0.400. The van der Waals surface area contributed by atoms with Gasteiger partial charge in [-0.25, -0.2) is 0 Å². The summed E-state index contributed by atoms with van der Waals surface area (Å²) in [6.07, 6.45) is 1.18. The van der Waals surface area contributed by atoms with Crippen LogP contribution < -0.4 is 5.32 Å². The molecule has 0 bridgehead atoms. The van der Waals surface area contributed by atoms with Crippen LogP contribution in [0.2, 0.25) is 5.02 Å². The van der Waals surface area contributed by atoms with Crippen LogP contribution in [-0.2, 0) is 6.42 Å². The second-order valence-electron chi connectivity index (χ2n) is 3.35. The van der Waals surface area contributed by atoms with Gasteiger partial charge in [0, 0.05) is 5.02 Å². The Hall–Kier alpha value is -0.240. The highest BCUT2D eigenvalue weighted by atomic mass is 35.5. The van der Waals surface area contributed by atoms with Crippen LogP contribution in [-0.4, -0.2) is 13.1 Å². The predicted molar refractivity (Wildman–Crippen MR) is 58.8 cm³/mol. The van der Waals surface area contributed by atoms with Gasteiger partial charge in [0.15, 0.2) is 0 Å². The SMILES string of the molecule is Cl.Clc1ccc(CC2CNC2)cc1. The van der Waals surface area contributed by atoms with Gasteiger partial charge in [-0.05, 0) is 43.1 Å². The van der Waals surface area contributed by atoms with Crippen molar-refractivity contribution < 1.29 is 0 Å². The summed E-state index contributed by atoms with van der Waals surface area (Å²) in [5.74, 6) is 0.839. The molecule has 0 aliphatic carbocycles. The summed E-state index contributed by atoms with van der Waals surface area (Å²) < 4.78 is 0. The van der Waals surface area contributed by atoms with Crippen molar-refractivity contribution in [1.82, 2.24) is 5.32 Å². The smallest absolute Gasteiger partial charge is 0.0406 e. The molecule has 0 spiro atoms. The van der Waals surface area contributed by atoms with Gasteiger partial charge < -0.3 is 5.32 Å². The highest BCUT2D eigenvalue weighted by Gasteiger charge is 2.16. The Labute approximate surface area is 89.9 Å². The molecule has 0 aromatic heterocycles. The molecule has 1 saturated heterocycles. The largest absolute Gasteiger partial charge is 0.316 e. The van der Waals surface area contributed by atoms with Gasteiger partial charge in [-0.1, -0.05) is 23.7 Å². The van der Waals surface area contributed by atoms with E-state index in [1.54, 1.807) is 0 Å². The lowest BCUT2D eigenvalue weighted by atomic mass is 9.95. The lowest BCUT2D eigenvalue weighted by molar-refractivity contribution is 0.346. The van der Waals surface area contributed by atoms with E-state index in [1.165, 1.54) is 25.1 Å². The molecule has 0 amide bonds. The number of hydrogen-bond donors (Lipinski definition) is 1. The van der Waals surface area contributed by atoms with Gasteiger partial charge in [-0.3, -0.25) is 0 Å². The summed E-state index contributed by atoms with van der Waals surface area (Å²) in [5.41, 5.74) is 1.39. The van der Waals surface area contributed by atoms with E-state index in [1.807, 2.05) is 12.1 Å². The zero-order valence-corrected chi connectivity index (χ0v) is 8.87. The van der Waals surface area contributed by atoms with Crippen LogP contribution in [0.5, 0.6) is 0 Å². The Balaban J connectivity index is 0.000000845. The summed E-state index contributed by atoms with van der Waals surface area (Å²) >= 11 is 5.78. The molecule has 0 unspecified atom stereocenters. The van der Waals surface area contributed by atoms with E-state index in [2.05, 4.69) is 17.4 Å². The molecule has 0 radical (unpaired) electrons. The Morgan fingerprint density at radius 2 is 1.85 bits per heavy atom. The van der Waals surface area contributed by atoms with Crippen LogP contribution in [0.4, 0.5) is 0 Å². The minimum atomic E-state index is 0. The second-order valence-corrected chi connectivity index (χ2v) is 3.79. The third kappa shape index (κ3) is 2.87. The molecule has 1 aliphatic heterocycles. The van der Waals surface area contributed by atoms with E-state index >= 15 is 0 Å². The molecule has 1 aromatic carbocycles. The molecule has 1 nitrogen and oxygen atoms in total.